The molecule has 0 aliphatic heterocycles. The minimum Gasteiger partial charge on any atom is -0.399 e. The lowest BCUT2D eigenvalue weighted by atomic mass is 10.2. The van der Waals surface area contributed by atoms with Crippen LogP contribution in [0.25, 0.3) is 0 Å². The van der Waals surface area contributed by atoms with Gasteiger partial charge in [0.15, 0.2) is 0 Å². The van der Waals surface area contributed by atoms with Gasteiger partial charge in [-0.1, -0.05) is 0 Å². The second-order valence-corrected chi connectivity index (χ2v) is 4.13. The number of nitrogen functional groups attached to an aromatic ring is 1. The fourth-order valence-electron chi connectivity index (χ4n) is 1.38. The Hall–Kier alpha value is -0.880. The first-order valence-corrected chi connectivity index (χ1v) is 5.53. The van der Waals surface area contributed by atoms with Crippen molar-refractivity contribution in [2.45, 2.75) is 6.43 Å². The van der Waals surface area contributed by atoms with E-state index >= 15 is 0 Å². The zero-order valence-electron chi connectivity index (χ0n) is 8.54. The number of aliphatic hydroxyl groups excluding tert-OH is 1. The Bertz CT molecular complexity index is 350. The number of hydrogen-bond donors (Lipinski definition) is 2. The van der Waals surface area contributed by atoms with Crippen molar-refractivity contribution in [1.29, 1.82) is 0 Å². The summed E-state index contributed by atoms with van der Waals surface area (Å²) in [6.45, 7) is -0.431. The summed E-state index contributed by atoms with van der Waals surface area (Å²) < 4.78 is 25.3. The van der Waals surface area contributed by atoms with Crippen molar-refractivity contribution in [3.63, 3.8) is 0 Å². The van der Waals surface area contributed by atoms with Gasteiger partial charge in [-0.05, 0) is 34.1 Å². The molecule has 0 heterocycles. The standard InChI is InChI=1S/C10H13BrF2N2O/c11-8-5-7(14)1-2-9(8)15(3-4-16)6-10(12)13/h1-2,5,10,16H,3-4,6,14H2. The first-order valence-electron chi connectivity index (χ1n) is 4.73. The van der Waals surface area contributed by atoms with E-state index in [1.54, 1.807) is 18.2 Å². The first kappa shape index (κ1) is 13.2. The SMILES string of the molecule is Nc1ccc(N(CCO)CC(F)F)c(Br)c1. The number of benzene rings is 1. The summed E-state index contributed by atoms with van der Waals surface area (Å²) in [7, 11) is 0. The van der Waals surface area contributed by atoms with Gasteiger partial charge >= 0.3 is 0 Å². The first-order chi connectivity index (χ1) is 7.54. The highest BCUT2D eigenvalue weighted by molar-refractivity contribution is 9.10. The second-order valence-electron chi connectivity index (χ2n) is 3.27. The molecule has 6 heteroatoms. The van der Waals surface area contributed by atoms with E-state index in [1.807, 2.05) is 0 Å². The van der Waals surface area contributed by atoms with Crippen LogP contribution in [0.2, 0.25) is 0 Å². The third kappa shape index (κ3) is 3.61. The van der Waals surface area contributed by atoms with Gasteiger partial charge in [-0.2, -0.15) is 0 Å². The Kier molecular flexibility index (Phi) is 4.95. The summed E-state index contributed by atoms with van der Waals surface area (Å²) in [5, 5.41) is 8.83. The summed E-state index contributed by atoms with van der Waals surface area (Å²) in [6, 6.07) is 4.93. The number of hydrogen-bond acceptors (Lipinski definition) is 3. The van der Waals surface area contributed by atoms with Crippen LogP contribution in [-0.4, -0.2) is 31.2 Å². The topological polar surface area (TPSA) is 49.5 Å². The number of aliphatic hydroxyl groups is 1. The van der Waals surface area contributed by atoms with Crippen LogP contribution in [0.5, 0.6) is 0 Å². The zero-order chi connectivity index (χ0) is 12.1. The van der Waals surface area contributed by atoms with E-state index in [2.05, 4.69) is 15.9 Å². The van der Waals surface area contributed by atoms with Gasteiger partial charge in [0.05, 0.1) is 18.8 Å². The van der Waals surface area contributed by atoms with Crippen LogP contribution in [0.15, 0.2) is 22.7 Å². The van der Waals surface area contributed by atoms with Crippen LogP contribution in [-0.2, 0) is 0 Å². The van der Waals surface area contributed by atoms with Crippen LogP contribution in [0.3, 0.4) is 0 Å². The van der Waals surface area contributed by atoms with Crippen LogP contribution in [0, 0.1) is 0 Å². The van der Waals surface area contributed by atoms with Crippen LogP contribution in [0.1, 0.15) is 0 Å². The van der Waals surface area contributed by atoms with Gasteiger partial charge < -0.3 is 15.7 Å². The normalized spacial score (nSPS) is 10.8. The maximum atomic E-state index is 12.3. The molecule has 3 N–H and O–H groups in total. The average molecular weight is 295 g/mol. The highest BCUT2D eigenvalue weighted by Gasteiger charge is 2.14. The van der Waals surface area contributed by atoms with Crippen LogP contribution in [0.4, 0.5) is 20.2 Å². The van der Waals surface area contributed by atoms with Crippen molar-refractivity contribution < 1.29 is 13.9 Å². The monoisotopic (exact) mass is 294 g/mol. The summed E-state index contributed by atoms with van der Waals surface area (Å²) >= 11 is 3.26. The molecule has 3 nitrogen and oxygen atoms in total. The molecule has 0 amide bonds. The lowest BCUT2D eigenvalue weighted by Gasteiger charge is -2.24. The number of rotatable bonds is 5. The van der Waals surface area contributed by atoms with E-state index in [0.717, 1.165) is 0 Å². The Labute approximate surface area is 101 Å². The van der Waals surface area contributed by atoms with Crippen molar-refractivity contribution in [2.75, 3.05) is 30.3 Å². The molecule has 0 aromatic heterocycles. The number of nitrogens with zero attached hydrogens (tertiary/aromatic N) is 1. The van der Waals surface area contributed by atoms with Crippen molar-refractivity contribution in [1.82, 2.24) is 0 Å². The van der Waals surface area contributed by atoms with Gasteiger partial charge in [-0.25, -0.2) is 8.78 Å². The molecule has 90 valence electrons. The lowest BCUT2D eigenvalue weighted by Crippen LogP contribution is -2.31. The fraction of sp³-hybridized carbons (Fsp3) is 0.400. The Morgan fingerprint density at radius 1 is 1.44 bits per heavy atom. The Morgan fingerprint density at radius 2 is 2.12 bits per heavy atom. The molecule has 1 aromatic carbocycles. The second kappa shape index (κ2) is 6.00. The highest BCUT2D eigenvalue weighted by Crippen LogP contribution is 2.28. The van der Waals surface area contributed by atoms with E-state index in [1.165, 1.54) is 4.90 Å². The van der Waals surface area contributed by atoms with E-state index in [9.17, 15) is 8.78 Å². The smallest absolute Gasteiger partial charge is 0.255 e. The molecule has 0 aliphatic rings. The van der Waals surface area contributed by atoms with Crippen molar-refractivity contribution >= 4 is 27.3 Å². The molecule has 1 aromatic rings. The van der Waals surface area contributed by atoms with E-state index in [4.69, 9.17) is 10.8 Å². The highest BCUT2D eigenvalue weighted by atomic mass is 79.9. The molecule has 0 saturated carbocycles. The summed E-state index contributed by atoms with van der Waals surface area (Å²) in [5.41, 5.74) is 6.71. The molecule has 0 bridgehead atoms. The number of alkyl halides is 2. The molecule has 0 atom stereocenters. The predicted molar refractivity (Wildman–Crippen MR) is 63.9 cm³/mol. The molecule has 0 saturated heterocycles. The molecule has 1 rings (SSSR count). The maximum absolute atomic E-state index is 12.3. The third-order valence-corrected chi connectivity index (χ3v) is 2.68. The molecule has 0 unspecified atom stereocenters. The zero-order valence-corrected chi connectivity index (χ0v) is 10.1. The van der Waals surface area contributed by atoms with Gasteiger partial charge in [0, 0.05) is 16.7 Å². The number of nitrogens with two attached hydrogens (primary N) is 1. The maximum Gasteiger partial charge on any atom is 0.255 e. The van der Waals surface area contributed by atoms with Crippen LogP contribution >= 0.6 is 15.9 Å². The Balaban J connectivity index is 2.91. The third-order valence-electron chi connectivity index (χ3n) is 2.04. The Morgan fingerprint density at radius 3 is 2.62 bits per heavy atom. The van der Waals surface area contributed by atoms with E-state index in [0.29, 0.717) is 15.8 Å². The van der Waals surface area contributed by atoms with Crippen LogP contribution < -0.4 is 10.6 Å². The fourth-order valence-corrected chi connectivity index (χ4v) is 2.02. The molecule has 0 aliphatic carbocycles. The van der Waals surface area contributed by atoms with E-state index in [-0.39, 0.29) is 13.2 Å². The number of halogens is 3. The van der Waals surface area contributed by atoms with Crippen molar-refractivity contribution in [2.24, 2.45) is 0 Å². The number of anilines is 2. The van der Waals surface area contributed by atoms with Gasteiger partial charge in [0.2, 0.25) is 0 Å². The molecule has 0 fully saturated rings. The minimum absolute atomic E-state index is 0.160. The lowest BCUT2D eigenvalue weighted by molar-refractivity contribution is 0.153. The largest absolute Gasteiger partial charge is 0.399 e. The summed E-state index contributed by atoms with van der Waals surface area (Å²) in [4.78, 5) is 1.41. The summed E-state index contributed by atoms with van der Waals surface area (Å²) in [5.74, 6) is 0. The molecular weight excluding hydrogens is 282 g/mol. The molecule has 0 radical (unpaired) electrons. The van der Waals surface area contributed by atoms with Crippen molar-refractivity contribution in [3.8, 4) is 0 Å². The van der Waals surface area contributed by atoms with Gasteiger partial charge in [0.25, 0.3) is 6.43 Å². The minimum atomic E-state index is -2.45. The molecule has 16 heavy (non-hydrogen) atoms. The van der Waals surface area contributed by atoms with Gasteiger partial charge in [-0.3, -0.25) is 0 Å². The van der Waals surface area contributed by atoms with Gasteiger partial charge in [0.1, 0.15) is 0 Å². The predicted octanol–water partition coefficient (Wildman–Crippen LogP) is 2.10. The quantitative estimate of drug-likeness (QED) is 0.818. The average Bonchev–Trinajstić information content (AvgIpc) is 2.16. The van der Waals surface area contributed by atoms with Crippen molar-refractivity contribution in [3.05, 3.63) is 22.7 Å². The molecular formula is C10H13BrF2N2O. The summed E-state index contributed by atoms with van der Waals surface area (Å²) in [6.07, 6.45) is -2.45. The van der Waals surface area contributed by atoms with Gasteiger partial charge in [-0.15, -0.1) is 0 Å². The van der Waals surface area contributed by atoms with E-state index < -0.39 is 13.0 Å². The molecule has 0 spiro atoms.